The number of hydrogen-bond acceptors (Lipinski definition) is 14. The molecule has 0 bridgehead atoms. The van der Waals surface area contributed by atoms with Gasteiger partial charge in [-0.05, 0) is 64.9 Å². The lowest BCUT2D eigenvalue weighted by atomic mass is 9.93. The number of esters is 2. The van der Waals surface area contributed by atoms with Crippen molar-refractivity contribution in [3.05, 3.63) is 239 Å². The Hall–Kier alpha value is -8.27. The molecule has 0 saturated heterocycles. The summed E-state index contributed by atoms with van der Waals surface area (Å²) in [5.74, 6) is -1.53. The van der Waals surface area contributed by atoms with Crippen molar-refractivity contribution in [2.75, 3.05) is 0 Å². The molecule has 0 aromatic heterocycles. The van der Waals surface area contributed by atoms with E-state index in [9.17, 15) is 23.7 Å². The number of nitrogens with one attached hydrogen (secondary N) is 3. The zero-order valence-corrected chi connectivity index (χ0v) is 42.3. The maximum Gasteiger partial charge on any atom is 0.530 e. The highest BCUT2D eigenvalue weighted by Crippen LogP contribution is 2.53. The van der Waals surface area contributed by atoms with Crippen molar-refractivity contribution in [2.45, 2.75) is 77.6 Å². The van der Waals surface area contributed by atoms with Crippen LogP contribution in [0.4, 0.5) is 9.59 Å². The molecule has 0 radical (unpaired) electrons. The minimum atomic E-state index is -4.38. The Labute approximate surface area is 435 Å². The van der Waals surface area contributed by atoms with Gasteiger partial charge < -0.3 is 33.5 Å². The van der Waals surface area contributed by atoms with Crippen LogP contribution in [0.2, 0.25) is 0 Å². The predicted octanol–water partition coefficient (Wildman–Crippen LogP) is 10.9. The van der Waals surface area contributed by atoms with Crippen molar-refractivity contribution in [3.8, 4) is 11.5 Å². The van der Waals surface area contributed by atoms with Crippen LogP contribution in [-0.2, 0) is 88.2 Å². The molecule has 17 heteroatoms. The summed E-state index contributed by atoms with van der Waals surface area (Å²) in [4.78, 5) is 54.5. The average Bonchev–Trinajstić information content (AvgIpc) is 3.44. The summed E-state index contributed by atoms with van der Waals surface area (Å²) in [5.41, 5.74) is 8.35. The van der Waals surface area contributed by atoms with Gasteiger partial charge in [-0.15, -0.1) is 0 Å². The van der Waals surface area contributed by atoms with E-state index in [4.69, 9.17) is 37.3 Å². The highest BCUT2D eigenvalue weighted by atomic mass is 31.2. The largest absolute Gasteiger partial charge is 0.530 e. The summed E-state index contributed by atoms with van der Waals surface area (Å²) < 4.78 is 61.3. The van der Waals surface area contributed by atoms with E-state index in [1.165, 1.54) is 19.9 Å². The number of phosphoric ester groups is 1. The summed E-state index contributed by atoms with van der Waals surface area (Å²) in [7, 11) is -4.38. The second-order valence-electron chi connectivity index (χ2n) is 17.3. The van der Waals surface area contributed by atoms with Crippen molar-refractivity contribution in [3.63, 3.8) is 0 Å². The number of phosphoric acid groups is 1. The lowest BCUT2D eigenvalue weighted by Crippen LogP contribution is -2.60. The summed E-state index contributed by atoms with van der Waals surface area (Å²) in [5, 5.41) is 2.47. The Balaban J connectivity index is 1.11. The van der Waals surface area contributed by atoms with Crippen LogP contribution >= 0.6 is 7.82 Å². The lowest BCUT2D eigenvalue weighted by Gasteiger charge is -2.30. The van der Waals surface area contributed by atoms with E-state index in [0.29, 0.717) is 22.3 Å². The van der Waals surface area contributed by atoms with Gasteiger partial charge in [0.15, 0.2) is 17.5 Å². The molecule has 0 aliphatic rings. The van der Waals surface area contributed by atoms with Crippen LogP contribution in [0.5, 0.6) is 11.5 Å². The molecule has 7 rings (SSSR count). The maximum absolute atomic E-state index is 14.6. The fourth-order valence-electron chi connectivity index (χ4n) is 7.24. The molecular formula is C58H58N3O13P. The molecule has 7 aromatic carbocycles. The first kappa shape index (κ1) is 54.5. The molecule has 0 saturated carbocycles. The SMILES string of the molecule is C[C@@H](OC(=O)NN[C@@](C)(Cc1ccc(OP(=O)(OCc2ccccc2)OCc2ccccc2)c(OCc2ccccc2)c1)C(=O)OCc1ccccc1)[C@H](NC(=O)OCc1ccccc1)C(=O)OCc1ccccc1. The van der Waals surface area contributed by atoms with E-state index in [0.717, 1.165) is 16.7 Å². The molecule has 3 N–H and O–H groups in total. The molecule has 75 heavy (non-hydrogen) atoms. The van der Waals surface area contributed by atoms with Crippen LogP contribution in [0.1, 0.15) is 52.8 Å². The number of amides is 2. The van der Waals surface area contributed by atoms with Crippen LogP contribution < -0.4 is 25.4 Å². The number of alkyl carbamates (subject to hydrolysis) is 1. The highest BCUT2D eigenvalue weighted by Gasteiger charge is 2.38. The van der Waals surface area contributed by atoms with Crippen LogP contribution in [-0.4, -0.2) is 41.8 Å². The van der Waals surface area contributed by atoms with Crippen LogP contribution in [0.15, 0.2) is 200 Å². The molecule has 0 aliphatic heterocycles. The zero-order valence-electron chi connectivity index (χ0n) is 41.4. The average molecular weight is 1040 g/mol. The molecular weight excluding hydrogens is 978 g/mol. The molecule has 16 nitrogen and oxygen atoms in total. The standard InChI is InChI=1S/C58H58N3O13P/c1-43(53(54(62)68-38-45-23-11-4-12-24-45)59-56(64)70-40-47-27-15-6-16-28-47)73-57(65)60-61-58(2,55(63)69-39-46-25-13-5-14-26-46)36-50-33-34-51(52(35-50)67-37-44-21-9-3-10-22-44)74-75(66,71-41-48-29-17-7-18-30-48)72-42-49-31-19-8-20-32-49/h3-35,43,53,61H,36-42H2,1-2H3,(H,59,64)(H,60,65)/t43-,53+,58+/m1/s1. The molecule has 0 fully saturated rings. The van der Waals surface area contributed by atoms with E-state index in [-0.39, 0.29) is 57.6 Å². The first-order valence-corrected chi connectivity index (χ1v) is 25.5. The molecule has 2 amide bonds. The van der Waals surface area contributed by atoms with Crippen molar-refractivity contribution in [2.24, 2.45) is 0 Å². The van der Waals surface area contributed by atoms with Crippen molar-refractivity contribution >= 4 is 31.9 Å². The first-order valence-electron chi connectivity index (χ1n) is 24.0. The third-order valence-electron chi connectivity index (χ3n) is 11.3. The Morgan fingerprint density at radius 1 is 0.493 bits per heavy atom. The van der Waals surface area contributed by atoms with Gasteiger partial charge in [-0.25, -0.2) is 29.2 Å². The fourth-order valence-corrected chi connectivity index (χ4v) is 8.43. The van der Waals surface area contributed by atoms with Crippen LogP contribution in [0, 0.1) is 0 Å². The monoisotopic (exact) mass is 1040 g/mol. The smallest absolute Gasteiger partial charge is 0.485 e. The van der Waals surface area contributed by atoms with Crippen molar-refractivity contribution in [1.29, 1.82) is 0 Å². The molecule has 3 atom stereocenters. The first-order chi connectivity index (χ1) is 36.4. The Morgan fingerprint density at radius 2 is 0.920 bits per heavy atom. The van der Waals surface area contributed by atoms with Gasteiger partial charge in [0.05, 0.1) is 13.2 Å². The van der Waals surface area contributed by atoms with Crippen molar-refractivity contribution in [1.82, 2.24) is 16.2 Å². The molecule has 0 heterocycles. The molecule has 388 valence electrons. The predicted molar refractivity (Wildman–Crippen MR) is 278 cm³/mol. The number of hydrazine groups is 1. The number of ether oxygens (including phenoxy) is 5. The summed E-state index contributed by atoms with van der Waals surface area (Å²) in [6, 6.07) is 57.8. The minimum Gasteiger partial charge on any atom is -0.485 e. The van der Waals surface area contributed by atoms with E-state index >= 15 is 0 Å². The number of hydrogen-bond donors (Lipinski definition) is 3. The fraction of sp³-hybridized carbons (Fsp3) is 0.207. The topological polar surface area (TPSA) is 195 Å². The van der Waals surface area contributed by atoms with E-state index in [2.05, 4.69) is 16.2 Å². The molecule has 7 aromatic rings. The highest BCUT2D eigenvalue weighted by molar-refractivity contribution is 7.48. The second-order valence-corrected chi connectivity index (χ2v) is 18.9. The van der Waals surface area contributed by atoms with Gasteiger partial charge in [-0.3, -0.25) is 14.5 Å². The van der Waals surface area contributed by atoms with Gasteiger partial charge in [0.2, 0.25) is 0 Å². The van der Waals surface area contributed by atoms with E-state index < -0.39 is 49.6 Å². The Kier molecular flexibility index (Phi) is 20.1. The van der Waals surface area contributed by atoms with Gasteiger partial charge in [-0.2, -0.15) is 0 Å². The molecule has 0 spiro atoms. The number of carbonyl (C=O) groups excluding carboxylic acids is 4. The maximum atomic E-state index is 14.6. The Bertz CT molecular complexity index is 2900. The summed E-state index contributed by atoms with van der Waals surface area (Å²) in [6.45, 7) is 2.46. The van der Waals surface area contributed by atoms with Gasteiger partial charge in [0, 0.05) is 6.42 Å². The van der Waals surface area contributed by atoms with Gasteiger partial charge in [0.25, 0.3) is 0 Å². The quantitative estimate of drug-likeness (QED) is 0.0201. The number of carbonyl (C=O) groups is 4. The van der Waals surface area contributed by atoms with Crippen LogP contribution in [0.3, 0.4) is 0 Å². The third-order valence-corrected chi connectivity index (χ3v) is 12.6. The minimum absolute atomic E-state index is 0.0190. The van der Waals surface area contributed by atoms with E-state index in [1.807, 2.05) is 109 Å². The van der Waals surface area contributed by atoms with Crippen molar-refractivity contribution < 1.29 is 61.0 Å². The molecule has 0 unspecified atom stereocenters. The lowest BCUT2D eigenvalue weighted by molar-refractivity contribution is -0.152. The third kappa shape index (κ3) is 17.7. The van der Waals surface area contributed by atoms with Gasteiger partial charge in [-0.1, -0.05) is 188 Å². The number of rotatable bonds is 26. The van der Waals surface area contributed by atoms with Gasteiger partial charge in [0.1, 0.15) is 38.1 Å². The normalized spacial score (nSPS) is 12.7. The van der Waals surface area contributed by atoms with Gasteiger partial charge >= 0.3 is 31.9 Å². The summed E-state index contributed by atoms with van der Waals surface area (Å²) in [6.07, 6.45) is -3.57. The summed E-state index contributed by atoms with van der Waals surface area (Å²) >= 11 is 0. The van der Waals surface area contributed by atoms with E-state index in [1.54, 1.807) is 84.9 Å². The molecule has 0 aliphatic carbocycles. The zero-order chi connectivity index (χ0) is 52.7. The number of benzene rings is 7. The Morgan fingerprint density at radius 3 is 1.40 bits per heavy atom. The second kappa shape index (κ2) is 27.7. The van der Waals surface area contributed by atoms with Crippen LogP contribution in [0.25, 0.3) is 0 Å².